The Bertz CT molecular complexity index is 436. The number of halogens is 1. The molecule has 0 amide bonds. The van der Waals surface area contributed by atoms with Crippen molar-refractivity contribution in [1.82, 2.24) is 4.98 Å². The summed E-state index contributed by atoms with van der Waals surface area (Å²) in [5.74, 6) is -0.621. The van der Waals surface area contributed by atoms with E-state index in [2.05, 4.69) is 25.7 Å². The molecule has 1 aromatic heterocycles. The number of methoxy groups -OCH3 is 1. The molecule has 0 aliphatic rings. The van der Waals surface area contributed by atoms with E-state index in [0.29, 0.717) is 11.3 Å². The van der Waals surface area contributed by atoms with Crippen LogP contribution in [0.15, 0.2) is 9.27 Å². The average molecular weight is 260 g/mol. The molecule has 5 heteroatoms. The molecule has 1 N–H and O–H groups in total. The molecule has 1 rings (SSSR count). The lowest BCUT2D eigenvalue weighted by Gasteiger charge is -2.06. The van der Waals surface area contributed by atoms with Gasteiger partial charge in [-0.05, 0) is 35.3 Å². The molecule has 0 aliphatic carbocycles. The molecule has 0 saturated carbocycles. The fraction of sp³-hybridized carbons (Fsp3) is 0.333. The zero-order chi connectivity index (χ0) is 10.9. The number of esters is 1. The second kappa shape index (κ2) is 3.96. The number of carbonyl (C=O) groups is 1. The molecular formula is C9H10BrNO3. The largest absolute Gasteiger partial charge is 0.465 e. The van der Waals surface area contributed by atoms with Crippen LogP contribution in [0.4, 0.5) is 0 Å². The van der Waals surface area contributed by atoms with Gasteiger partial charge in [0.1, 0.15) is 5.56 Å². The minimum atomic E-state index is -0.621. The predicted molar refractivity (Wildman–Crippen MR) is 55.6 cm³/mol. The zero-order valence-electron chi connectivity index (χ0n) is 8.10. The van der Waals surface area contributed by atoms with Gasteiger partial charge >= 0.3 is 5.97 Å². The predicted octanol–water partition coefficient (Wildman–Crippen LogP) is 1.54. The maximum absolute atomic E-state index is 11.4. The summed E-state index contributed by atoms with van der Waals surface area (Å²) in [4.78, 5) is 25.3. The van der Waals surface area contributed by atoms with Gasteiger partial charge in [0.2, 0.25) is 0 Å². The monoisotopic (exact) mass is 259 g/mol. The second-order valence-electron chi connectivity index (χ2n) is 2.88. The van der Waals surface area contributed by atoms with Crippen molar-refractivity contribution in [3.63, 3.8) is 0 Å². The van der Waals surface area contributed by atoms with Crippen LogP contribution < -0.4 is 5.56 Å². The van der Waals surface area contributed by atoms with Gasteiger partial charge in [0.15, 0.2) is 0 Å². The molecule has 1 heterocycles. The Labute approximate surface area is 89.4 Å². The number of ether oxygens (including phenoxy) is 1. The fourth-order valence-electron chi connectivity index (χ4n) is 1.20. The molecule has 0 unspecified atom stereocenters. The van der Waals surface area contributed by atoms with E-state index in [9.17, 15) is 9.59 Å². The SMILES string of the molecule is COC(=O)c1c(C)c(Br)c(C)[nH]c1=O. The summed E-state index contributed by atoms with van der Waals surface area (Å²) in [5, 5.41) is 0. The topological polar surface area (TPSA) is 59.2 Å². The van der Waals surface area contributed by atoms with Gasteiger partial charge in [0.25, 0.3) is 5.56 Å². The lowest BCUT2D eigenvalue weighted by molar-refractivity contribution is 0.0597. The van der Waals surface area contributed by atoms with Gasteiger partial charge < -0.3 is 9.72 Å². The molecule has 0 aliphatic heterocycles. The maximum Gasteiger partial charge on any atom is 0.343 e. The van der Waals surface area contributed by atoms with Gasteiger partial charge in [-0.1, -0.05) is 0 Å². The van der Waals surface area contributed by atoms with Crippen molar-refractivity contribution in [3.8, 4) is 0 Å². The van der Waals surface area contributed by atoms with Crippen molar-refractivity contribution in [2.45, 2.75) is 13.8 Å². The number of aromatic amines is 1. The number of hydrogen-bond donors (Lipinski definition) is 1. The highest BCUT2D eigenvalue weighted by Crippen LogP contribution is 2.19. The first kappa shape index (κ1) is 11.0. The Balaban J connectivity index is 3.52. The van der Waals surface area contributed by atoms with Crippen LogP contribution in [-0.2, 0) is 4.74 Å². The average Bonchev–Trinajstić information content (AvgIpc) is 2.14. The smallest absolute Gasteiger partial charge is 0.343 e. The number of H-pyrrole nitrogens is 1. The first-order valence-electron chi connectivity index (χ1n) is 3.96. The highest BCUT2D eigenvalue weighted by Gasteiger charge is 2.17. The summed E-state index contributed by atoms with van der Waals surface area (Å²) in [6, 6.07) is 0. The van der Waals surface area contributed by atoms with Crippen molar-refractivity contribution < 1.29 is 9.53 Å². The van der Waals surface area contributed by atoms with Crippen LogP contribution in [0.25, 0.3) is 0 Å². The van der Waals surface area contributed by atoms with Crippen LogP contribution in [0, 0.1) is 13.8 Å². The summed E-state index contributed by atoms with van der Waals surface area (Å²) in [5.41, 5.74) is 0.915. The molecule has 0 radical (unpaired) electrons. The molecular weight excluding hydrogens is 250 g/mol. The van der Waals surface area contributed by atoms with Gasteiger partial charge in [0, 0.05) is 10.2 Å². The van der Waals surface area contributed by atoms with E-state index in [1.807, 2.05) is 0 Å². The molecule has 0 saturated heterocycles. The lowest BCUT2D eigenvalue weighted by atomic mass is 10.1. The van der Waals surface area contributed by atoms with E-state index in [1.54, 1.807) is 13.8 Å². The summed E-state index contributed by atoms with van der Waals surface area (Å²) >= 11 is 3.28. The summed E-state index contributed by atoms with van der Waals surface area (Å²) in [6.45, 7) is 3.44. The lowest BCUT2D eigenvalue weighted by Crippen LogP contribution is -2.22. The van der Waals surface area contributed by atoms with Crippen molar-refractivity contribution in [2.75, 3.05) is 7.11 Å². The minimum absolute atomic E-state index is 0.0463. The van der Waals surface area contributed by atoms with Crippen molar-refractivity contribution in [2.24, 2.45) is 0 Å². The van der Waals surface area contributed by atoms with Crippen LogP contribution in [0.3, 0.4) is 0 Å². The highest BCUT2D eigenvalue weighted by molar-refractivity contribution is 9.10. The molecule has 0 bridgehead atoms. The Hall–Kier alpha value is -1.10. The van der Waals surface area contributed by atoms with Gasteiger partial charge in [0.05, 0.1) is 7.11 Å². The third-order valence-electron chi connectivity index (χ3n) is 1.95. The summed E-state index contributed by atoms with van der Waals surface area (Å²) in [6.07, 6.45) is 0. The number of aromatic nitrogens is 1. The first-order chi connectivity index (χ1) is 6.49. The molecule has 0 fully saturated rings. The minimum Gasteiger partial charge on any atom is -0.465 e. The molecule has 76 valence electrons. The van der Waals surface area contributed by atoms with Crippen LogP contribution in [-0.4, -0.2) is 18.1 Å². The Kier molecular flexibility index (Phi) is 3.10. The second-order valence-corrected chi connectivity index (χ2v) is 3.68. The zero-order valence-corrected chi connectivity index (χ0v) is 9.69. The molecule has 4 nitrogen and oxygen atoms in total. The summed E-state index contributed by atoms with van der Waals surface area (Å²) < 4.78 is 5.23. The number of aryl methyl sites for hydroxylation is 1. The van der Waals surface area contributed by atoms with Crippen LogP contribution in [0.2, 0.25) is 0 Å². The molecule has 0 spiro atoms. The number of rotatable bonds is 1. The Morgan fingerprint density at radius 2 is 2.00 bits per heavy atom. The van der Waals surface area contributed by atoms with E-state index in [0.717, 1.165) is 4.47 Å². The van der Waals surface area contributed by atoms with E-state index in [1.165, 1.54) is 7.11 Å². The van der Waals surface area contributed by atoms with Crippen molar-refractivity contribution >= 4 is 21.9 Å². The molecule has 0 atom stereocenters. The Morgan fingerprint density at radius 3 is 2.50 bits per heavy atom. The standard InChI is InChI=1S/C9H10BrNO3/c1-4-6(9(13)14-3)8(12)11-5(2)7(4)10/h1-3H3,(H,11,12). The normalized spacial score (nSPS) is 10.0. The van der Waals surface area contributed by atoms with Crippen LogP contribution >= 0.6 is 15.9 Å². The quantitative estimate of drug-likeness (QED) is 0.779. The molecule has 0 aromatic carbocycles. The van der Waals surface area contributed by atoms with Crippen LogP contribution in [0.5, 0.6) is 0 Å². The number of hydrogen-bond acceptors (Lipinski definition) is 3. The molecule has 1 aromatic rings. The van der Waals surface area contributed by atoms with Gasteiger partial charge in [-0.25, -0.2) is 4.79 Å². The van der Waals surface area contributed by atoms with E-state index in [4.69, 9.17) is 0 Å². The van der Waals surface area contributed by atoms with Crippen molar-refractivity contribution in [1.29, 1.82) is 0 Å². The number of carbonyl (C=O) groups excluding carboxylic acids is 1. The number of nitrogens with one attached hydrogen (secondary N) is 1. The van der Waals surface area contributed by atoms with E-state index in [-0.39, 0.29) is 5.56 Å². The third-order valence-corrected chi connectivity index (χ3v) is 3.14. The van der Waals surface area contributed by atoms with E-state index < -0.39 is 11.5 Å². The highest BCUT2D eigenvalue weighted by atomic mass is 79.9. The maximum atomic E-state index is 11.4. The van der Waals surface area contributed by atoms with E-state index >= 15 is 0 Å². The first-order valence-corrected chi connectivity index (χ1v) is 4.75. The van der Waals surface area contributed by atoms with Gasteiger partial charge in [-0.2, -0.15) is 0 Å². The van der Waals surface area contributed by atoms with Crippen LogP contribution in [0.1, 0.15) is 21.6 Å². The Morgan fingerprint density at radius 1 is 1.43 bits per heavy atom. The van der Waals surface area contributed by atoms with Crippen molar-refractivity contribution in [3.05, 3.63) is 31.6 Å². The van der Waals surface area contributed by atoms with Gasteiger partial charge in [-0.3, -0.25) is 4.79 Å². The number of pyridine rings is 1. The third kappa shape index (κ3) is 1.72. The molecule has 14 heavy (non-hydrogen) atoms. The fourth-order valence-corrected chi connectivity index (χ4v) is 1.49. The summed E-state index contributed by atoms with van der Waals surface area (Å²) in [7, 11) is 1.25. The van der Waals surface area contributed by atoms with Gasteiger partial charge in [-0.15, -0.1) is 0 Å².